The van der Waals surface area contributed by atoms with Gasteiger partial charge < -0.3 is 9.87 Å². The molecule has 1 rings (SSSR count). The largest absolute Gasteiger partial charge is 0.412 e. The molecule has 0 radical (unpaired) electrons. The molecule has 0 heterocycles. The van der Waals surface area contributed by atoms with Gasteiger partial charge in [0.15, 0.2) is 0 Å². The summed E-state index contributed by atoms with van der Waals surface area (Å²) in [7, 11) is 0. The van der Waals surface area contributed by atoms with Crippen LogP contribution >= 0.6 is 12.0 Å². The van der Waals surface area contributed by atoms with E-state index in [9.17, 15) is 13.2 Å². The van der Waals surface area contributed by atoms with E-state index in [-0.39, 0.29) is 12.5 Å². The Morgan fingerprint density at radius 3 is 2.74 bits per heavy atom. The first-order chi connectivity index (χ1) is 8.95. The van der Waals surface area contributed by atoms with E-state index >= 15 is 0 Å². The molecular weight excluding hydrogens is 275 g/mol. The van der Waals surface area contributed by atoms with E-state index in [1.807, 2.05) is 6.92 Å². The molecule has 0 amide bonds. The molecule has 0 fully saturated rings. The second-order valence-corrected chi connectivity index (χ2v) is 5.31. The Hall–Kier alpha value is -0.460. The Bertz CT molecular complexity index is 339. The van der Waals surface area contributed by atoms with E-state index in [0.29, 0.717) is 18.6 Å². The molecule has 2 nitrogen and oxygen atoms in total. The number of hydrogen-bond acceptors (Lipinski definition) is 3. The van der Waals surface area contributed by atoms with Crippen molar-refractivity contribution in [3.63, 3.8) is 0 Å². The van der Waals surface area contributed by atoms with Crippen molar-refractivity contribution in [1.29, 1.82) is 0 Å². The van der Waals surface area contributed by atoms with Crippen LogP contribution in [-0.4, -0.2) is 29.1 Å². The van der Waals surface area contributed by atoms with Crippen molar-refractivity contribution in [1.82, 2.24) is 5.32 Å². The quantitative estimate of drug-likeness (QED) is 0.570. The van der Waals surface area contributed by atoms with Crippen LogP contribution in [0.25, 0.3) is 0 Å². The fraction of sp³-hybridized carbons (Fsp3) is 0.692. The molecule has 0 aromatic rings. The minimum atomic E-state index is -4.21. The number of allylic oxidation sites excluding steroid dienone is 3. The first-order valence-electron chi connectivity index (χ1n) is 6.41. The highest BCUT2D eigenvalue weighted by Gasteiger charge is 2.33. The summed E-state index contributed by atoms with van der Waals surface area (Å²) in [6, 6.07) is 0.0764. The van der Waals surface area contributed by atoms with Gasteiger partial charge in [-0.1, -0.05) is 17.7 Å². The normalized spacial score (nSPS) is 18.6. The standard InChI is InChI=1S/C13H20F3NOS/c1-10(17-8-3-9-19-18)11-4-2-5-12(7-6-11)13(14,15)16/h6-7,10,17-18H,2-5,8-9H2,1H3. The SMILES string of the molecule is CC(NCCCSO)C1=CC=C(C(F)(F)F)CCC1. The molecule has 6 heteroatoms. The summed E-state index contributed by atoms with van der Waals surface area (Å²) < 4.78 is 46.4. The number of alkyl halides is 3. The van der Waals surface area contributed by atoms with E-state index in [2.05, 4.69) is 5.32 Å². The molecule has 0 spiro atoms. The lowest BCUT2D eigenvalue weighted by molar-refractivity contribution is -0.0940. The molecule has 19 heavy (non-hydrogen) atoms. The molecule has 1 unspecified atom stereocenters. The minimum Gasteiger partial charge on any atom is -0.330 e. The molecule has 0 bridgehead atoms. The van der Waals surface area contributed by atoms with Crippen molar-refractivity contribution in [3.05, 3.63) is 23.3 Å². The van der Waals surface area contributed by atoms with Crippen molar-refractivity contribution < 1.29 is 17.7 Å². The van der Waals surface area contributed by atoms with Crippen LogP contribution in [0.1, 0.15) is 32.6 Å². The smallest absolute Gasteiger partial charge is 0.330 e. The summed E-state index contributed by atoms with van der Waals surface area (Å²) >= 11 is 0.806. The average molecular weight is 295 g/mol. The highest BCUT2D eigenvalue weighted by molar-refractivity contribution is 7.93. The van der Waals surface area contributed by atoms with E-state index in [1.165, 1.54) is 6.08 Å². The van der Waals surface area contributed by atoms with E-state index in [1.54, 1.807) is 6.08 Å². The second kappa shape index (κ2) is 7.97. The van der Waals surface area contributed by atoms with E-state index in [4.69, 9.17) is 4.55 Å². The van der Waals surface area contributed by atoms with Gasteiger partial charge in [-0.2, -0.15) is 13.2 Å². The van der Waals surface area contributed by atoms with Gasteiger partial charge >= 0.3 is 6.18 Å². The van der Waals surface area contributed by atoms with Gasteiger partial charge in [-0.3, -0.25) is 0 Å². The maximum absolute atomic E-state index is 12.6. The molecular formula is C13H20F3NOS. The molecule has 0 aliphatic heterocycles. The third kappa shape index (κ3) is 6.01. The van der Waals surface area contributed by atoms with Gasteiger partial charge in [0, 0.05) is 17.4 Å². The molecule has 110 valence electrons. The van der Waals surface area contributed by atoms with E-state index < -0.39 is 11.7 Å². The summed E-state index contributed by atoms with van der Waals surface area (Å²) in [5, 5.41) is 3.27. The van der Waals surface area contributed by atoms with Crippen molar-refractivity contribution in [2.24, 2.45) is 0 Å². The van der Waals surface area contributed by atoms with Crippen molar-refractivity contribution in [2.45, 2.75) is 44.8 Å². The summed E-state index contributed by atoms with van der Waals surface area (Å²) in [6.45, 7) is 2.71. The predicted molar refractivity (Wildman–Crippen MR) is 73.2 cm³/mol. The highest BCUT2D eigenvalue weighted by Crippen LogP contribution is 2.32. The van der Waals surface area contributed by atoms with Crippen LogP contribution in [0.4, 0.5) is 13.2 Å². The molecule has 0 saturated carbocycles. The third-order valence-electron chi connectivity index (χ3n) is 3.19. The van der Waals surface area contributed by atoms with Crippen LogP contribution in [0.2, 0.25) is 0 Å². The van der Waals surface area contributed by atoms with Gasteiger partial charge in [-0.25, -0.2) is 0 Å². The zero-order valence-corrected chi connectivity index (χ0v) is 11.8. The van der Waals surface area contributed by atoms with E-state index in [0.717, 1.165) is 30.6 Å². The lowest BCUT2D eigenvalue weighted by atomic mass is 10.0. The van der Waals surface area contributed by atoms with Crippen LogP contribution in [0.5, 0.6) is 0 Å². The summed E-state index contributed by atoms with van der Waals surface area (Å²) in [5.74, 6) is 0.664. The Morgan fingerprint density at radius 2 is 2.11 bits per heavy atom. The Kier molecular flexibility index (Phi) is 6.96. The van der Waals surface area contributed by atoms with Crippen molar-refractivity contribution >= 4 is 12.0 Å². The number of hydrogen-bond donors (Lipinski definition) is 2. The van der Waals surface area contributed by atoms with Gasteiger partial charge in [-0.05, 0) is 51.2 Å². The fourth-order valence-electron chi connectivity index (χ4n) is 2.04. The lowest BCUT2D eigenvalue weighted by Gasteiger charge is -2.16. The second-order valence-electron chi connectivity index (χ2n) is 4.65. The number of nitrogens with one attached hydrogen (secondary N) is 1. The summed E-state index contributed by atoms with van der Waals surface area (Å²) in [6.07, 6.45) is 0.772. The number of halogens is 3. The molecule has 0 saturated heterocycles. The van der Waals surface area contributed by atoms with Crippen LogP contribution in [0.15, 0.2) is 23.3 Å². The molecule has 1 aliphatic rings. The Morgan fingerprint density at radius 1 is 1.37 bits per heavy atom. The topological polar surface area (TPSA) is 32.3 Å². The minimum absolute atomic E-state index is 0.0764. The highest BCUT2D eigenvalue weighted by atomic mass is 32.2. The zero-order chi connectivity index (χ0) is 14.3. The number of rotatable bonds is 6. The van der Waals surface area contributed by atoms with Gasteiger partial charge in [0.2, 0.25) is 0 Å². The lowest BCUT2D eigenvalue weighted by Crippen LogP contribution is -2.29. The Labute approximate surface area is 116 Å². The van der Waals surface area contributed by atoms with Gasteiger partial charge in [-0.15, -0.1) is 0 Å². The zero-order valence-electron chi connectivity index (χ0n) is 11.0. The van der Waals surface area contributed by atoms with Crippen LogP contribution in [-0.2, 0) is 0 Å². The summed E-state index contributed by atoms with van der Waals surface area (Å²) in [4.78, 5) is 0. The van der Waals surface area contributed by atoms with Crippen molar-refractivity contribution in [3.8, 4) is 0 Å². The average Bonchev–Trinajstić information content (AvgIpc) is 2.59. The molecule has 0 aromatic heterocycles. The van der Waals surface area contributed by atoms with Gasteiger partial charge in [0.05, 0.1) is 0 Å². The first-order valence-corrected chi connectivity index (χ1v) is 7.36. The molecule has 2 N–H and O–H groups in total. The Balaban J connectivity index is 2.53. The fourth-order valence-corrected chi connectivity index (χ4v) is 2.31. The van der Waals surface area contributed by atoms with Crippen LogP contribution in [0, 0.1) is 0 Å². The molecule has 1 aliphatic carbocycles. The first kappa shape index (κ1) is 16.6. The van der Waals surface area contributed by atoms with Crippen LogP contribution in [0.3, 0.4) is 0 Å². The van der Waals surface area contributed by atoms with Gasteiger partial charge in [0.1, 0.15) is 0 Å². The predicted octanol–water partition coefficient (Wildman–Crippen LogP) is 4.16. The monoisotopic (exact) mass is 295 g/mol. The molecule has 1 atom stereocenters. The van der Waals surface area contributed by atoms with Crippen LogP contribution < -0.4 is 5.32 Å². The van der Waals surface area contributed by atoms with Crippen molar-refractivity contribution in [2.75, 3.05) is 12.3 Å². The third-order valence-corrected chi connectivity index (χ3v) is 3.66. The summed E-state index contributed by atoms with van der Waals surface area (Å²) in [5.41, 5.74) is 0.572. The molecule has 0 aromatic carbocycles. The maximum Gasteiger partial charge on any atom is 0.412 e. The van der Waals surface area contributed by atoms with Gasteiger partial charge in [0.25, 0.3) is 0 Å². The maximum atomic E-state index is 12.6.